The maximum atomic E-state index is 5.28. The molecule has 10 aromatic rings. The van der Waals surface area contributed by atoms with Gasteiger partial charge in [0.25, 0.3) is 0 Å². The van der Waals surface area contributed by atoms with E-state index in [0.717, 1.165) is 33.6 Å². The summed E-state index contributed by atoms with van der Waals surface area (Å²) >= 11 is 0. The van der Waals surface area contributed by atoms with E-state index < -0.39 is 0 Å². The second kappa shape index (κ2) is 12.5. The number of hydrogen-bond donors (Lipinski definition) is 0. The molecule has 0 N–H and O–H groups in total. The lowest BCUT2D eigenvalue weighted by atomic mass is 9.87. The van der Waals surface area contributed by atoms with E-state index >= 15 is 0 Å². The molecule has 9 aromatic carbocycles. The highest BCUT2D eigenvalue weighted by Crippen LogP contribution is 2.43. The highest BCUT2D eigenvalue weighted by atomic mass is 14.9. The molecule has 0 atom stereocenters. The molecule has 242 valence electrons. The van der Waals surface area contributed by atoms with Crippen molar-refractivity contribution in [2.24, 2.45) is 0 Å². The van der Waals surface area contributed by atoms with Gasteiger partial charge in [0.2, 0.25) is 0 Å². The fourth-order valence-corrected chi connectivity index (χ4v) is 7.78. The van der Waals surface area contributed by atoms with Crippen molar-refractivity contribution in [1.82, 2.24) is 9.97 Å². The number of benzene rings is 9. The predicted molar refractivity (Wildman–Crippen MR) is 219 cm³/mol. The largest absolute Gasteiger partial charge is 0.228 e. The Morgan fingerprint density at radius 1 is 0.269 bits per heavy atom. The predicted octanol–water partition coefficient (Wildman–Crippen LogP) is 13.4. The van der Waals surface area contributed by atoms with E-state index in [-0.39, 0.29) is 0 Å². The molecule has 1 aromatic heterocycles. The molecule has 0 fully saturated rings. The zero-order chi connectivity index (χ0) is 34.4. The van der Waals surface area contributed by atoms with E-state index in [2.05, 4.69) is 176 Å². The average molecular weight is 661 g/mol. The van der Waals surface area contributed by atoms with Gasteiger partial charge < -0.3 is 0 Å². The van der Waals surface area contributed by atoms with Gasteiger partial charge in [0, 0.05) is 16.7 Å². The highest BCUT2D eigenvalue weighted by molar-refractivity contribution is 6.21. The third-order valence-corrected chi connectivity index (χ3v) is 10.3. The molecule has 0 saturated carbocycles. The van der Waals surface area contributed by atoms with Gasteiger partial charge in [0.15, 0.2) is 5.82 Å². The second-order valence-corrected chi connectivity index (χ2v) is 13.3. The molecular weight excluding hydrogens is 629 g/mol. The van der Waals surface area contributed by atoms with Crippen molar-refractivity contribution in [2.45, 2.75) is 0 Å². The van der Waals surface area contributed by atoms with Crippen LogP contribution in [0.1, 0.15) is 0 Å². The Morgan fingerprint density at radius 3 is 1.65 bits per heavy atom. The highest BCUT2D eigenvalue weighted by Gasteiger charge is 2.18. The van der Waals surface area contributed by atoms with Crippen molar-refractivity contribution in [2.75, 3.05) is 0 Å². The lowest BCUT2D eigenvalue weighted by Gasteiger charge is -2.17. The summed E-state index contributed by atoms with van der Waals surface area (Å²) in [6.07, 6.45) is 0. The monoisotopic (exact) mass is 660 g/mol. The first-order chi connectivity index (χ1) is 25.8. The van der Waals surface area contributed by atoms with Crippen molar-refractivity contribution < 1.29 is 0 Å². The van der Waals surface area contributed by atoms with Gasteiger partial charge in [-0.05, 0) is 77.5 Å². The Kier molecular flexibility index (Phi) is 7.18. The van der Waals surface area contributed by atoms with E-state index in [1.165, 1.54) is 59.8 Å². The van der Waals surface area contributed by atoms with Crippen LogP contribution >= 0.6 is 0 Å². The van der Waals surface area contributed by atoms with Gasteiger partial charge in [0.1, 0.15) is 0 Å². The number of fused-ring (bicyclic) bond motifs is 5. The summed E-state index contributed by atoms with van der Waals surface area (Å²) in [7, 11) is 0. The third-order valence-electron chi connectivity index (χ3n) is 10.3. The summed E-state index contributed by atoms with van der Waals surface area (Å²) in [5.41, 5.74) is 9.64. The van der Waals surface area contributed by atoms with Crippen LogP contribution in [0, 0.1) is 0 Å². The molecular formula is C50H32N2. The molecule has 2 nitrogen and oxygen atoms in total. The van der Waals surface area contributed by atoms with Crippen LogP contribution in [0.5, 0.6) is 0 Å². The molecule has 0 aliphatic heterocycles. The van der Waals surface area contributed by atoms with Crippen LogP contribution in [0.2, 0.25) is 0 Å². The minimum atomic E-state index is 0.704. The number of nitrogens with zero attached hydrogens (tertiary/aromatic N) is 2. The van der Waals surface area contributed by atoms with Gasteiger partial charge in [-0.25, -0.2) is 9.97 Å². The van der Waals surface area contributed by atoms with E-state index in [4.69, 9.17) is 9.97 Å². The van der Waals surface area contributed by atoms with Gasteiger partial charge in [0.05, 0.1) is 11.4 Å². The summed E-state index contributed by atoms with van der Waals surface area (Å²) in [6.45, 7) is 0. The van der Waals surface area contributed by atoms with Gasteiger partial charge in [-0.2, -0.15) is 0 Å². The summed E-state index contributed by atoms with van der Waals surface area (Å²) < 4.78 is 0. The molecule has 0 radical (unpaired) electrons. The Balaban J connectivity index is 1.18. The van der Waals surface area contributed by atoms with E-state index in [9.17, 15) is 0 Å². The summed E-state index contributed by atoms with van der Waals surface area (Å²) in [4.78, 5) is 10.5. The zero-order valence-electron chi connectivity index (χ0n) is 28.4. The van der Waals surface area contributed by atoms with Crippen molar-refractivity contribution in [3.63, 3.8) is 0 Å². The summed E-state index contributed by atoms with van der Waals surface area (Å²) in [5.74, 6) is 0.704. The van der Waals surface area contributed by atoms with Crippen LogP contribution in [0.4, 0.5) is 0 Å². The molecule has 0 bridgehead atoms. The Bertz CT molecular complexity index is 2940. The molecule has 1 heterocycles. The normalized spacial score (nSPS) is 11.5. The average Bonchev–Trinajstić information content (AvgIpc) is 3.23. The molecule has 0 aliphatic carbocycles. The molecule has 0 saturated heterocycles. The smallest absolute Gasteiger partial charge is 0.160 e. The van der Waals surface area contributed by atoms with E-state index in [1.54, 1.807) is 0 Å². The van der Waals surface area contributed by atoms with Crippen LogP contribution in [0.3, 0.4) is 0 Å². The van der Waals surface area contributed by atoms with Crippen molar-refractivity contribution in [1.29, 1.82) is 0 Å². The first kappa shape index (κ1) is 30.0. The summed E-state index contributed by atoms with van der Waals surface area (Å²) in [5, 5.41) is 9.90. The molecule has 0 unspecified atom stereocenters. The topological polar surface area (TPSA) is 25.8 Å². The van der Waals surface area contributed by atoms with Crippen molar-refractivity contribution in [3.05, 3.63) is 194 Å². The van der Waals surface area contributed by atoms with Crippen LogP contribution in [-0.2, 0) is 0 Å². The third kappa shape index (κ3) is 5.12. The quantitative estimate of drug-likeness (QED) is 0.136. The van der Waals surface area contributed by atoms with E-state index in [1.807, 2.05) is 18.2 Å². The Labute approximate surface area is 302 Å². The maximum Gasteiger partial charge on any atom is 0.160 e. The lowest BCUT2D eigenvalue weighted by Crippen LogP contribution is -1.97. The first-order valence-corrected chi connectivity index (χ1v) is 17.7. The molecule has 0 aliphatic rings. The standard InChI is InChI=1S/C50H32N2/c1-2-15-37(16-3-1)50-51-47(36-27-25-35(26-28-36)40-24-12-18-33-13-4-7-19-39(33)40)32-48(52-50)43-22-10-11-23-44(43)49-42-21-9-6-17-38(42)31-46-41-20-8-5-14-34(41)29-30-45(46)49/h1-32H. The zero-order valence-corrected chi connectivity index (χ0v) is 28.4. The fraction of sp³-hybridized carbons (Fsp3) is 0. The van der Waals surface area contributed by atoms with Gasteiger partial charge in [-0.1, -0.05) is 182 Å². The van der Waals surface area contributed by atoms with Gasteiger partial charge >= 0.3 is 0 Å². The van der Waals surface area contributed by atoms with Crippen molar-refractivity contribution >= 4 is 43.1 Å². The molecule has 52 heavy (non-hydrogen) atoms. The fourth-order valence-electron chi connectivity index (χ4n) is 7.78. The number of rotatable bonds is 5. The Hall–Kier alpha value is -6.90. The Morgan fingerprint density at radius 2 is 0.846 bits per heavy atom. The maximum absolute atomic E-state index is 5.28. The minimum absolute atomic E-state index is 0.704. The van der Waals surface area contributed by atoms with Crippen LogP contribution in [-0.4, -0.2) is 9.97 Å². The van der Waals surface area contributed by atoms with Crippen molar-refractivity contribution in [3.8, 4) is 56.2 Å². The lowest BCUT2D eigenvalue weighted by molar-refractivity contribution is 1.18. The molecule has 2 heteroatoms. The van der Waals surface area contributed by atoms with Gasteiger partial charge in [-0.3, -0.25) is 0 Å². The van der Waals surface area contributed by atoms with Crippen LogP contribution in [0.25, 0.3) is 99.2 Å². The van der Waals surface area contributed by atoms with Crippen LogP contribution in [0.15, 0.2) is 194 Å². The molecule has 0 amide bonds. The van der Waals surface area contributed by atoms with Gasteiger partial charge in [-0.15, -0.1) is 0 Å². The summed E-state index contributed by atoms with van der Waals surface area (Å²) in [6, 6.07) is 69.3. The minimum Gasteiger partial charge on any atom is -0.228 e. The van der Waals surface area contributed by atoms with E-state index in [0.29, 0.717) is 5.82 Å². The number of hydrogen-bond acceptors (Lipinski definition) is 2. The molecule has 0 spiro atoms. The SMILES string of the molecule is c1ccc(-c2nc(-c3ccc(-c4cccc5ccccc45)cc3)cc(-c3ccccc3-c3c4ccccc4cc4c3ccc3ccccc34)n2)cc1. The first-order valence-electron chi connectivity index (χ1n) is 17.7. The molecule has 10 rings (SSSR count). The van der Waals surface area contributed by atoms with Crippen LogP contribution < -0.4 is 0 Å². The number of aromatic nitrogens is 2. The second-order valence-electron chi connectivity index (χ2n) is 13.3.